The molecule has 1 aliphatic rings. The quantitative estimate of drug-likeness (QED) is 0.321. The number of benzene rings is 1. The molecule has 0 radical (unpaired) electrons. The molecular formula is C20H35IN4O3. The van der Waals surface area contributed by atoms with Crippen LogP contribution in [0, 0.1) is 5.92 Å². The van der Waals surface area contributed by atoms with Gasteiger partial charge in [0.25, 0.3) is 0 Å². The van der Waals surface area contributed by atoms with Crippen LogP contribution in [0.2, 0.25) is 0 Å². The Morgan fingerprint density at radius 3 is 2.79 bits per heavy atom. The van der Waals surface area contributed by atoms with E-state index in [2.05, 4.69) is 34.4 Å². The summed E-state index contributed by atoms with van der Waals surface area (Å²) in [5, 5.41) is 6.64. The highest BCUT2D eigenvalue weighted by Crippen LogP contribution is 2.30. The maximum absolute atomic E-state index is 5.89. The number of aliphatic imine (C=N–C) groups is 1. The number of nitrogens with one attached hydrogen (secondary N) is 2. The monoisotopic (exact) mass is 506 g/mol. The molecule has 2 N–H and O–H groups in total. The number of halogens is 1. The lowest BCUT2D eigenvalue weighted by molar-refractivity contribution is -0.0283. The van der Waals surface area contributed by atoms with Crippen LogP contribution >= 0.6 is 24.0 Å². The summed E-state index contributed by atoms with van der Waals surface area (Å²) in [6.45, 7) is 11.6. The second-order valence-electron chi connectivity index (χ2n) is 7.02. The van der Waals surface area contributed by atoms with E-state index in [4.69, 9.17) is 14.2 Å². The first kappa shape index (κ1) is 24.8. The van der Waals surface area contributed by atoms with Crippen molar-refractivity contribution in [3.8, 4) is 11.5 Å². The predicted molar refractivity (Wildman–Crippen MR) is 126 cm³/mol. The average Bonchev–Trinajstić information content (AvgIpc) is 2.66. The molecule has 1 saturated heterocycles. The Kier molecular flexibility index (Phi) is 11.6. The Morgan fingerprint density at radius 1 is 1.36 bits per heavy atom. The third-order valence-electron chi connectivity index (χ3n) is 4.29. The number of rotatable bonds is 8. The van der Waals surface area contributed by atoms with E-state index < -0.39 is 0 Å². The molecule has 1 fully saturated rings. The standard InChI is InChI=1S/C20H34N4O3.HI/c1-6-26-18-8-7-16(11-19(18)25-5)23-20(21-4)22-12-17-14-24(9-10-27-17)13-15(2)3;/h7-8,11,15,17H,6,9-10,12-14H2,1-5H3,(H2,21,22,23);1H. The highest BCUT2D eigenvalue weighted by Gasteiger charge is 2.21. The zero-order chi connectivity index (χ0) is 19.6. The molecule has 1 heterocycles. The van der Waals surface area contributed by atoms with Crippen LogP contribution in [0.15, 0.2) is 23.2 Å². The van der Waals surface area contributed by atoms with Crippen molar-refractivity contribution in [1.82, 2.24) is 10.2 Å². The number of nitrogens with zero attached hydrogens (tertiary/aromatic N) is 2. The van der Waals surface area contributed by atoms with Gasteiger partial charge in [-0.2, -0.15) is 0 Å². The summed E-state index contributed by atoms with van der Waals surface area (Å²) in [6.07, 6.45) is 0.158. The van der Waals surface area contributed by atoms with Gasteiger partial charge in [-0.25, -0.2) is 0 Å². The minimum atomic E-state index is 0. The van der Waals surface area contributed by atoms with Crippen LogP contribution in [0.4, 0.5) is 5.69 Å². The smallest absolute Gasteiger partial charge is 0.195 e. The molecule has 0 bridgehead atoms. The number of guanidine groups is 1. The molecular weight excluding hydrogens is 471 g/mol. The summed E-state index contributed by atoms with van der Waals surface area (Å²) in [6, 6.07) is 5.74. The minimum Gasteiger partial charge on any atom is -0.493 e. The molecule has 160 valence electrons. The van der Waals surface area contributed by atoms with Crippen LogP contribution in [-0.2, 0) is 4.74 Å². The molecule has 0 amide bonds. The number of hydrogen-bond donors (Lipinski definition) is 2. The molecule has 1 atom stereocenters. The first-order valence-corrected chi connectivity index (χ1v) is 9.68. The predicted octanol–water partition coefficient (Wildman–Crippen LogP) is 3.06. The molecule has 0 aromatic heterocycles. The molecule has 0 aliphatic carbocycles. The van der Waals surface area contributed by atoms with Crippen LogP contribution < -0.4 is 20.1 Å². The lowest BCUT2D eigenvalue weighted by Gasteiger charge is -2.34. The molecule has 1 aromatic rings. The van der Waals surface area contributed by atoms with Gasteiger partial charge >= 0.3 is 0 Å². The zero-order valence-electron chi connectivity index (χ0n) is 17.7. The molecule has 1 aromatic carbocycles. The lowest BCUT2D eigenvalue weighted by Crippen LogP contribution is -2.49. The Hall–Kier alpha value is -1.26. The zero-order valence-corrected chi connectivity index (χ0v) is 20.0. The van der Waals surface area contributed by atoms with E-state index in [1.54, 1.807) is 14.2 Å². The number of methoxy groups -OCH3 is 1. The molecule has 2 rings (SSSR count). The number of hydrogen-bond acceptors (Lipinski definition) is 5. The molecule has 0 spiro atoms. The van der Waals surface area contributed by atoms with Gasteiger partial charge in [-0.3, -0.25) is 9.89 Å². The van der Waals surface area contributed by atoms with Crippen molar-refractivity contribution in [2.75, 3.05) is 58.9 Å². The van der Waals surface area contributed by atoms with Gasteiger partial charge in [-0.05, 0) is 25.0 Å². The molecule has 1 aliphatic heterocycles. The lowest BCUT2D eigenvalue weighted by atomic mass is 10.2. The molecule has 28 heavy (non-hydrogen) atoms. The van der Waals surface area contributed by atoms with Crippen LogP contribution in [0.5, 0.6) is 11.5 Å². The summed E-state index contributed by atoms with van der Waals surface area (Å²) in [5.74, 6) is 2.79. The SMILES string of the molecule is CCOc1ccc(NC(=NC)NCC2CN(CC(C)C)CCO2)cc1OC.I. The van der Waals surface area contributed by atoms with E-state index in [9.17, 15) is 0 Å². The minimum absolute atomic E-state index is 0. The summed E-state index contributed by atoms with van der Waals surface area (Å²) in [5.41, 5.74) is 0.884. The maximum Gasteiger partial charge on any atom is 0.195 e. The second-order valence-corrected chi connectivity index (χ2v) is 7.02. The summed E-state index contributed by atoms with van der Waals surface area (Å²) in [7, 11) is 3.39. The number of ether oxygens (including phenoxy) is 3. The van der Waals surface area contributed by atoms with Crippen molar-refractivity contribution in [2.24, 2.45) is 10.9 Å². The summed E-state index contributed by atoms with van der Waals surface area (Å²) < 4.78 is 16.9. The Morgan fingerprint density at radius 2 is 2.14 bits per heavy atom. The fraction of sp³-hybridized carbons (Fsp3) is 0.650. The summed E-state index contributed by atoms with van der Waals surface area (Å²) in [4.78, 5) is 6.77. The molecule has 8 heteroatoms. The van der Waals surface area contributed by atoms with Crippen LogP contribution in [-0.4, -0.2) is 70.5 Å². The van der Waals surface area contributed by atoms with E-state index in [-0.39, 0.29) is 30.1 Å². The van der Waals surface area contributed by atoms with E-state index in [0.29, 0.717) is 30.8 Å². The normalized spacial score (nSPS) is 17.8. The van der Waals surface area contributed by atoms with Crippen molar-refractivity contribution in [3.63, 3.8) is 0 Å². The van der Waals surface area contributed by atoms with Gasteiger partial charge in [0, 0.05) is 45.0 Å². The van der Waals surface area contributed by atoms with Gasteiger partial charge in [0.1, 0.15) is 0 Å². The molecule has 7 nitrogen and oxygen atoms in total. The van der Waals surface area contributed by atoms with Gasteiger partial charge < -0.3 is 24.8 Å². The van der Waals surface area contributed by atoms with E-state index in [0.717, 1.165) is 37.7 Å². The van der Waals surface area contributed by atoms with Gasteiger partial charge in [0.2, 0.25) is 0 Å². The van der Waals surface area contributed by atoms with Crippen molar-refractivity contribution in [2.45, 2.75) is 26.9 Å². The molecule has 1 unspecified atom stereocenters. The van der Waals surface area contributed by atoms with Gasteiger partial charge in [-0.15, -0.1) is 24.0 Å². The first-order chi connectivity index (χ1) is 13.0. The van der Waals surface area contributed by atoms with Crippen molar-refractivity contribution >= 4 is 35.6 Å². The van der Waals surface area contributed by atoms with E-state index >= 15 is 0 Å². The van der Waals surface area contributed by atoms with Crippen molar-refractivity contribution in [3.05, 3.63) is 18.2 Å². The van der Waals surface area contributed by atoms with Gasteiger partial charge in [-0.1, -0.05) is 13.8 Å². The van der Waals surface area contributed by atoms with Crippen LogP contribution in [0.25, 0.3) is 0 Å². The first-order valence-electron chi connectivity index (χ1n) is 9.68. The average molecular weight is 506 g/mol. The number of anilines is 1. The fourth-order valence-corrected chi connectivity index (χ4v) is 3.13. The van der Waals surface area contributed by atoms with Gasteiger partial charge in [0.05, 0.1) is 26.4 Å². The Bertz CT molecular complexity index is 613. The fourth-order valence-electron chi connectivity index (χ4n) is 3.13. The highest BCUT2D eigenvalue weighted by atomic mass is 127. The summed E-state index contributed by atoms with van der Waals surface area (Å²) >= 11 is 0. The molecule has 0 saturated carbocycles. The van der Waals surface area contributed by atoms with E-state index in [1.165, 1.54) is 0 Å². The number of morpholine rings is 1. The Balaban J connectivity index is 0.00000392. The van der Waals surface area contributed by atoms with Crippen LogP contribution in [0.3, 0.4) is 0 Å². The topological polar surface area (TPSA) is 67.4 Å². The van der Waals surface area contributed by atoms with Crippen molar-refractivity contribution in [1.29, 1.82) is 0 Å². The highest BCUT2D eigenvalue weighted by molar-refractivity contribution is 14.0. The maximum atomic E-state index is 5.89. The van der Waals surface area contributed by atoms with Crippen LogP contribution in [0.1, 0.15) is 20.8 Å². The van der Waals surface area contributed by atoms with Gasteiger partial charge in [0.15, 0.2) is 17.5 Å². The largest absolute Gasteiger partial charge is 0.493 e. The Labute approximate surface area is 186 Å². The van der Waals surface area contributed by atoms with E-state index in [1.807, 2.05) is 25.1 Å². The third kappa shape index (κ3) is 8.00. The third-order valence-corrected chi connectivity index (χ3v) is 4.29. The second kappa shape index (κ2) is 13.1. The van der Waals surface area contributed by atoms with Crippen molar-refractivity contribution < 1.29 is 14.2 Å².